The van der Waals surface area contributed by atoms with Crippen LogP contribution >= 0.6 is 0 Å². The van der Waals surface area contributed by atoms with Crippen LogP contribution in [0.3, 0.4) is 0 Å². The van der Waals surface area contributed by atoms with Crippen LogP contribution < -0.4 is 16.0 Å². The van der Waals surface area contributed by atoms with Gasteiger partial charge in [0, 0.05) is 59.9 Å². The molecule has 2 aromatic rings. The molecule has 5 N–H and O–H groups in total. The number of amides is 8. The number of nitrogens with zero attached hydrogens (tertiary/aromatic N) is 5. The lowest BCUT2D eigenvalue weighted by Crippen LogP contribution is -2.63. The standard InChI is InChI=1S/C60H92N8O12/c1-17-37(9)46-57(76)65(14)47(35(5)6)52(71)61-42(29-34(3)4)55(74)67(16)50(60(11,12)79)59(78)80-49(38(10)18-2)58(77)66(15)48(36(7)8)53(72)62-43(30-39-25-21-19-22-26-39)54(73)64(13)45(31-40-27-23-20-24-28-40)56(75)68-33-41(69)32-44(68)51(70)63-46/h19-28,34-38,41-50,69,79H,17-18,29-33H2,1-16H3,(H,61,71)(H,62,72)(H,63,70)/t37-,38+,41?,42-,43-,44-,45-,46-,47-,48-,49+,50+/m0/s1. The number of benzene rings is 2. The van der Waals surface area contributed by atoms with Crippen molar-refractivity contribution >= 4 is 53.2 Å². The van der Waals surface area contributed by atoms with E-state index < -0.39 is 143 Å². The molecule has 12 atom stereocenters. The summed E-state index contributed by atoms with van der Waals surface area (Å²) in [5, 5.41) is 31.6. The minimum atomic E-state index is -1.99. The van der Waals surface area contributed by atoms with Crippen molar-refractivity contribution in [1.82, 2.24) is 40.4 Å². The van der Waals surface area contributed by atoms with Crippen LogP contribution in [0.2, 0.25) is 0 Å². The van der Waals surface area contributed by atoms with Gasteiger partial charge in [0.05, 0.1) is 11.7 Å². The van der Waals surface area contributed by atoms with Crippen molar-refractivity contribution in [2.45, 2.75) is 188 Å². The van der Waals surface area contributed by atoms with Gasteiger partial charge >= 0.3 is 5.97 Å². The highest BCUT2D eigenvalue weighted by atomic mass is 16.6. The summed E-state index contributed by atoms with van der Waals surface area (Å²) in [6.45, 7) is 19.9. The molecular formula is C60H92N8O12. The highest BCUT2D eigenvalue weighted by Crippen LogP contribution is 2.27. The fourth-order valence-corrected chi connectivity index (χ4v) is 11.0. The van der Waals surface area contributed by atoms with Crippen molar-refractivity contribution in [2.75, 3.05) is 34.7 Å². The third-order valence-corrected chi connectivity index (χ3v) is 15.8. The molecule has 2 saturated heterocycles. The number of carbonyl (C=O) groups excluding carboxylic acids is 9. The zero-order valence-electron chi connectivity index (χ0n) is 50.1. The monoisotopic (exact) mass is 1120 g/mol. The maximum absolute atomic E-state index is 15.3. The number of hydrogen-bond donors (Lipinski definition) is 5. The molecule has 1 unspecified atom stereocenters. The lowest BCUT2D eigenvalue weighted by molar-refractivity contribution is -0.177. The summed E-state index contributed by atoms with van der Waals surface area (Å²) in [5.74, 6) is -9.40. The van der Waals surface area contributed by atoms with Crippen molar-refractivity contribution < 1.29 is 58.1 Å². The van der Waals surface area contributed by atoms with Gasteiger partial charge in [-0.05, 0) is 61.5 Å². The largest absolute Gasteiger partial charge is 0.450 e. The average Bonchev–Trinajstić information content (AvgIpc) is 3.82. The van der Waals surface area contributed by atoms with Crippen molar-refractivity contribution in [3.8, 4) is 0 Å². The highest BCUT2D eigenvalue weighted by molar-refractivity contribution is 5.99. The summed E-state index contributed by atoms with van der Waals surface area (Å²) in [6.07, 6.45) is -2.21. The quantitative estimate of drug-likeness (QED) is 0.181. The Balaban J connectivity index is 1.99. The zero-order chi connectivity index (χ0) is 60.2. The number of esters is 1. The molecule has 2 aliphatic heterocycles. The first-order chi connectivity index (χ1) is 37.4. The Labute approximate surface area is 474 Å². The van der Waals surface area contributed by atoms with Crippen molar-refractivity contribution in [3.05, 3.63) is 71.8 Å². The minimum Gasteiger partial charge on any atom is -0.450 e. The molecule has 20 nitrogen and oxygen atoms in total. The third kappa shape index (κ3) is 16.4. The van der Waals surface area contributed by atoms with Crippen LogP contribution in [0.5, 0.6) is 0 Å². The van der Waals surface area contributed by atoms with E-state index in [0.29, 0.717) is 24.0 Å². The van der Waals surface area contributed by atoms with Crippen molar-refractivity contribution in [3.63, 3.8) is 0 Å². The maximum atomic E-state index is 15.3. The van der Waals surface area contributed by atoms with Crippen LogP contribution in [0.4, 0.5) is 0 Å². The van der Waals surface area contributed by atoms with E-state index in [4.69, 9.17) is 4.74 Å². The SMILES string of the molecule is CC[C@@H](C)[C@H]1OC(=O)[C@H](C(C)(C)O)N(C)C(=O)[C@H](CC(C)C)NC(=O)[C@H](C(C)C)N(C)C(=O)[C@H]([C@@H](C)CC)NC(=O)[C@@H]2CC(O)CN2C(=O)[C@H](Cc2ccccc2)N(C)C(=O)[C@H](Cc2ccccc2)NC(=O)[C@H](C(C)C)N(C)C1=O. The second kappa shape index (κ2) is 28.8. The van der Waals surface area contributed by atoms with E-state index in [2.05, 4.69) is 16.0 Å². The number of hydrogen-bond acceptors (Lipinski definition) is 12. The Bertz CT molecular complexity index is 2470. The number of likely N-dealkylation sites (N-methyl/N-ethyl adjacent to an activating group) is 4. The van der Waals surface area contributed by atoms with Gasteiger partial charge in [-0.1, -0.05) is 136 Å². The van der Waals surface area contributed by atoms with Gasteiger partial charge in [-0.15, -0.1) is 0 Å². The molecule has 0 saturated carbocycles. The average molecular weight is 1120 g/mol. The molecule has 0 aromatic heterocycles. The van der Waals surface area contributed by atoms with Gasteiger partial charge in [0.2, 0.25) is 41.4 Å². The molecule has 20 heteroatoms. The summed E-state index contributed by atoms with van der Waals surface area (Å²) in [4.78, 5) is 140. The van der Waals surface area contributed by atoms with E-state index in [-0.39, 0.29) is 38.1 Å². The number of aliphatic hydroxyl groups is 2. The zero-order valence-corrected chi connectivity index (χ0v) is 50.1. The molecule has 4 rings (SSSR count). The Kier molecular flexibility index (Phi) is 23.8. The first-order valence-electron chi connectivity index (χ1n) is 28.3. The first kappa shape index (κ1) is 66.1. The van der Waals surface area contributed by atoms with Gasteiger partial charge in [-0.3, -0.25) is 38.4 Å². The van der Waals surface area contributed by atoms with E-state index in [1.54, 1.807) is 109 Å². The summed E-state index contributed by atoms with van der Waals surface area (Å²) in [5.41, 5.74) is -0.666. The van der Waals surface area contributed by atoms with Crippen molar-refractivity contribution in [1.29, 1.82) is 0 Å². The molecular weight excluding hydrogens is 1020 g/mol. The van der Waals surface area contributed by atoms with Crippen LogP contribution in [-0.4, -0.2) is 189 Å². The van der Waals surface area contributed by atoms with Gasteiger partial charge in [0.15, 0.2) is 12.1 Å². The molecule has 2 aliphatic rings. The van der Waals surface area contributed by atoms with E-state index in [0.717, 1.165) is 9.80 Å². The molecule has 8 amide bonds. The molecule has 0 spiro atoms. The Hall–Kier alpha value is -6.41. The van der Waals surface area contributed by atoms with E-state index in [1.807, 2.05) is 20.8 Å². The number of fused-ring (bicyclic) bond motifs is 1. The van der Waals surface area contributed by atoms with Crippen LogP contribution in [0.1, 0.15) is 120 Å². The molecule has 2 aromatic carbocycles. The Morgan fingerprint density at radius 1 is 0.588 bits per heavy atom. The van der Waals surface area contributed by atoms with Gasteiger partial charge in [0.1, 0.15) is 42.3 Å². The molecule has 0 aliphatic carbocycles. The number of aliphatic hydroxyl groups excluding tert-OH is 1. The summed E-state index contributed by atoms with van der Waals surface area (Å²) < 4.78 is 6.08. The second-order valence-electron chi connectivity index (χ2n) is 23.9. The van der Waals surface area contributed by atoms with Crippen LogP contribution in [0.25, 0.3) is 0 Å². The van der Waals surface area contributed by atoms with Crippen molar-refractivity contribution in [2.24, 2.45) is 29.6 Å². The van der Waals surface area contributed by atoms with Crippen LogP contribution in [-0.2, 0) is 60.7 Å². The topological polar surface area (TPSA) is 256 Å². The predicted molar refractivity (Wildman–Crippen MR) is 303 cm³/mol. The lowest BCUT2D eigenvalue weighted by Gasteiger charge is -2.39. The molecule has 444 valence electrons. The predicted octanol–water partition coefficient (Wildman–Crippen LogP) is 3.34. The Morgan fingerprint density at radius 2 is 1.06 bits per heavy atom. The number of rotatable bonds is 13. The normalized spacial score (nSPS) is 27.3. The van der Waals surface area contributed by atoms with Gasteiger partial charge in [-0.25, -0.2) is 4.79 Å². The highest BCUT2D eigenvalue weighted by Gasteiger charge is 2.49. The second-order valence-corrected chi connectivity index (χ2v) is 23.9. The third-order valence-electron chi connectivity index (χ3n) is 15.8. The lowest BCUT2D eigenvalue weighted by atomic mass is 9.93. The first-order valence-corrected chi connectivity index (χ1v) is 28.3. The molecule has 80 heavy (non-hydrogen) atoms. The van der Waals surface area contributed by atoms with E-state index >= 15 is 9.59 Å². The molecule has 0 bridgehead atoms. The fourth-order valence-electron chi connectivity index (χ4n) is 11.0. The minimum absolute atomic E-state index is 0.0401. The number of cyclic esters (lactones) is 1. The molecule has 2 fully saturated rings. The van der Waals surface area contributed by atoms with Gasteiger partial charge in [-0.2, -0.15) is 0 Å². The summed E-state index contributed by atoms with van der Waals surface area (Å²) >= 11 is 0. The Morgan fingerprint density at radius 3 is 1.54 bits per heavy atom. The number of carbonyl (C=O) groups is 9. The van der Waals surface area contributed by atoms with Gasteiger partial charge < -0.3 is 55.4 Å². The van der Waals surface area contributed by atoms with Crippen LogP contribution in [0.15, 0.2) is 60.7 Å². The summed E-state index contributed by atoms with van der Waals surface area (Å²) in [6, 6.07) is 7.13. The van der Waals surface area contributed by atoms with E-state index in [9.17, 15) is 43.8 Å². The number of ether oxygens (including phenoxy) is 1. The molecule has 0 radical (unpaired) electrons. The smallest absolute Gasteiger partial charge is 0.332 e. The summed E-state index contributed by atoms with van der Waals surface area (Å²) in [7, 11) is 5.54. The van der Waals surface area contributed by atoms with Gasteiger partial charge in [0.25, 0.3) is 5.91 Å². The van der Waals surface area contributed by atoms with E-state index in [1.165, 1.54) is 56.7 Å². The molecule has 2 heterocycles. The fraction of sp³-hybridized carbons (Fsp3) is 0.650. The maximum Gasteiger partial charge on any atom is 0.332 e. The van der Waals surface area contributed by atoms with Crippen LogP contribution in [0, 0.1) is 29.6 Å². The number of nitrogens with one attached hydrogen (secondary N) is 3.